The van der Waals surface area contributed by atoms with Gasteiger partial charge in [0.15, 0.2) is 0 Å². The van der Waals surface area contributed by atoms with Crippen molar-refractivity contribution in [2.75, 3.05) is 0 Å². The zero-order chi connectivity index (χ0) is 13.2. The molecule has 0 aromatic heterocycles. The lowest BCUT2D eigenvalue weighted by Gasteiger charge is -2.15. The monoisotopic (exact) mass is 312 g/mol. The van der Waals surface area contributed by atoms with E-state index in [4.69, 9.17) is 5.11 Å². The molecule has 1 N–H and O–H groups in total. The van der Waals surface area contributed by atoms with Gasteiger partial charge in [-0.05, 0) is 24.1 Å². The number of hydrogen-bond donors (Lipinski definition) is 1. The smallest absolute Gasteiger partial charge is 0.478 e. The third kappa shape index (κ3) is 3.62. The van der Waals surface area contributed by atoms with Gasteiger partial charge in [-0.1, -0.05) is 22.9 Å². The molecule has 0 unspecified atom stereocenters. The minimum Gasteiger partial charge on any atom is -0.478 e. The molecule has 0 saturated heterocycles. The van der Waals surface area contributed by atoms with Crippen molar-refractivity contribution in [2.45, 2.75) is 19.7 Å². The number of aryl methyl sites for hydroxylation is 1. The molecule has 0 radical (unpaired) electrons. The Balaban J connectivity index is 3.37. The molecular formula is C10H8BrF3O3. The Labute approximate surface area is 103 Å². The molecule has 0 fully saturated rings. The van der Waals surface area contributed by atoms with Crippen LogP contribution in [0.1, 0.15) is 22.8 Å². The fourth-order valence-electron chi connectivity index (χ4n) is 1.31. The van der Waals surface area contributed by atoms with E-state index in [9.17, 15) is 18.0 Å². The number of carboxylic acid groups (broad SMARTS) is 1. The maximum Gasteiger partial charge on any atom is 0.573 e. The van der Waals surface area contributed by atoms with E-state index < -0.39 is 23.6 Å². The molecule has 0 amide bonds. The van der Waals surface area contributed by atoms with Gasteiger partial charge in [0.05, 0.1) is 0 Å². The van der Waals surface area contributed by atoms with E-state index in [1.807, 2.05) is 0 Å². The summed E-state index contributed by atoms with van der Waals surface area (Å²) >= 11 is 3.04. The largest absolute Gasteiger partial charge is 0.573 e. The molecule has 0 spiro atoms. The lowest BCUT2D eigenvalue weighted by atomic mass is 10.1. The minimum absolute atomic E-state index is 0.175. The van der Waals surface area contributed by atoms with Crippen LogP contribution in [0.15, 0.2) is 16.6 Å². The van der Waals surface area contributed by atoms with Crippen LogP contribution in [-0.2, 0) is 6.42 Å². The summed E-state index contributed by atoms with van der Waals surface area (Å²) in [5.41, 5.74) is -0.345. The molecular weight excluding hydrogens is 305 g/mol. The predicted octanol–water partition coefficient (Wildman–Crippen LogP) is 3.61. The lowest BCUT2D eigenvalue weighted by Crippen LogP contribution is -2.20. The molecule has 17 heavy (non-hydrogen) atoms. The van der Waals surface area contributed by atoms with Gasteiger partial charge in [-0.2, -0.15) is 0 Å². The van der Waals surface area contributed by atoms with Crippen molar-refractivity contribution in [1.29, 1.82) is 0 Å². The second-order valence-corrected chi connectivity index (χ2v) is 4.06. The molecule has 0 aliphatic rings. The Morgan fingerprint density at radius 3 is 2.47 bits per heavy atom. The highest BCUT2D eigenvalue weighted by molar-refractivity contribution is 9.10. The van der Waals surface area contributed by atoms with Crippen LogP contribution in [0.2, 0.25) is 0 Å². The molecule has 1 aromatic carbocycles. The molecule has 1 aromatic rings. The highest BCUT2D eigenvalue weighted by Gasteiger charge is 2.34. The van der Waals surface area contributed by atoms with Crippen LogP contribution in [0.3, 0.4) is 0 Å². The summed E-state index contributed by atoms with van der Waals surface area (Å²) in [5.74, 6) is -2.13. The number of alkyl halides is 3. The average molecular weight is 313 g/mol. The van der Waals surface area contributed by atoms with Crippen molar-refractivity contribution in [3.63, 3.8) is 0 Å². The minimum atomic E-state index is -4.91. The van der Waals surface area contributed by atoms with E-state index in [0.29, 0.717) is 4.47 Å². The summed E-state index contributed by atoms with van der Waals surface area (Å²) in [6, 6.07) is 2.47. The van der Waals surface area contributed by atoms with E-state index >= 15 is 0 Å². The van der Waals surface area contributed by atoms with Crippen molar-refractivity contribution in [3.05, 3.63) is 27.7 Å². The Kier molecular flexibility index (Phi) is 4.03. The number of ether oxygens (including phenoxy) is 1. The van der Waals surface area contributed by atoms with Gasteiger partial charge in [-0.25, -0.2) is 4.79 Å². The van der Waals surface area contributed by atoms with Crippen LogP contribution < -0.4 is 4.74 Å². The van der Waals surface area contributed by atoms with E-state index in [2.05, 4.69) is 20.7 Å². The fraction of sp³-hybridized carbons (Fsp3) is 0.300. The maximum atomic E-state index is 12.2. The van der Waals surface area contributed by atoms with Crippen LogP contribution >= 0.6 is 15.9 Å². The molecule has 0 atom stereocenters. The SMILES string of the molecule is CCc1cc(Br)cc(C(=O)O)c1OC(F)(F)F. The highest BCUT2D eigenvalue weighted by atomic mass is 79.9. The molecule has 7 heteroatoms. The second kappa shape index (κ2) is 4.95. The molecule has 0 saturated carbocycles. The number of halogens is 4. The first-order chi connectivity index (χ1) is 7.74. The normalized spacial score (nSPS) is 11.4. The zero-order valence-corrected chi connectivity index (χ0v) is 10.2. The summed E-state index contributed by atoms with van der Waals surface area (Å²) in [4.78, 5) is 10.9. The first kappa shape index (κ1) is 13.8. The Morgan fingerprint density at radius 2 is 2.06 bits per heavy atom. The van der Waals surface area contributed by atoms with Crippen molar-refractivity contribution < 1.29 is 27.8 Å². The summed E-state index contributed by atoms with van der Waals surface area (Å²) < 4.78 is 40.7. The fourth-order valence-corrected chi connectivity index (χ4v) is 1.81. The Hall–Kier alpha value is -1.24. The molecule has 94 valence electrons. The van der Waals surface area contributed by atoms with Crippen LogP contribution in [-0.4, -0.2) is 17.4 Å². The molecule has 3 nitrogen and oxygen atoms in total. The van der Waals surface area contributed by atoms with Crippen LogP contribution in [0, 0.1) is 0 Å². The van der Waals surface area contributed by atoms with E-state index in [1.54, 1.807) is 6.92 Å². The van der Waals surface area contributed by atoms with E-state index in [0.717, 1.165) is 6.07 Å². The lowest BCUT2D eigenvalue weighted by molar-refractivity contribution is -0.275. The summed E-state index contributed by atoms with van der Waals surface area (Å²) in [6.07, 6.45) is -4.69. The molecule has 0 aliphatic heterocycles. The predicted molar refractivity (Wildman–Crippen MR) is 57.2 cm³/mol. The number of benzene rings is 1. The number of rotatable bonds is 3. The summed E-state index contributed by atoms with van der Waals surface area (Å²) in [6.45, 7) is 1.61. The van der Waals surface area contributed by atoms with Gasteiger partial charge in [-0.3, -0.25) is 0 Å². The summed E-state index contributed by atoms with van der Waals surface area (Å²) in [7, 11) is 0. The molecule has 0 heterocycles. The van der Waals surface area contributed by atoms with E-state index in [1.165, 1.54) is 6.07 Å². The van der Waals surface area contributed by atoms with Gasteiger partial charge in [0.25, 0.3) is 0 Å². The average Bonchev–Trinajstić information content (AvgIpc) is 2.17. The first-order valence-electron chi connectivity index (χ1n) is 4.56. The summed E-state index contributed by atoms with van der Waals surface area (Å²) in [5, 5.41) is 8.84. The first-order valence-corrected chi connectivity index (χ1v) is 5.35. The molecule has 0 aliphatic carbocycles. The highest BCUT2D eigenvalue weighted by Crippen LogP contribution is 2.33. The molecule has 0 bridgehead atoms. The van der Waals surface area contributed by atoms with Gasteiger partial charge in [0.2, 0.25) is 0 Å². The number of hydrogen-bond acceptors (Lipinski definition) is 2. The van der Waals surface area contributed by atoms with Crippen molar-refractivity contribution in [3.8, 4) is 5.75 Å². The van der Waals surface area contributed by atoms with Crippen LogP contribution in [0.5, 0.6) is 5.75 Å². The Morgan fingerprint density at radius 1 is 1.47 bits per heavy atom. The third-order valence-corrected chi connectivity index (χ3v) is 2.42. The van der Waals surface area contributed by atoms with Crippen molar-refractivity contribution in [1.82, 2.24) is 0 Å². The van der Waals surface area contributed by atoms with Gasteiger partial charge in [0.1, 0.15) is 11.3 Å². The standard InChI is InChI=1S/C10H8BrF3O3/c1-2-5-3-6(11)4-7(9(15)16)8(5)17-10(12,13)14/h3-4H,2H2,1H3,(H,15,16). The topological polar surface area (TPSA) is 46.5 Å². The van der Waals surface area contributed by atoms with Crippen molar-refractivity contribution in [2.24, 2.45) is 0 Å². The second-order valence-electron chi connectivity index (χ2n) is 3.15. The number of carboxylic acids is 1. The van der Waals surface area contributed by atoms with Gasteiger partial charge >= 0.3 is 12.3 Å². The number of aromatic carboxylic acids is 1. The van der Waals surface area contributed by atoms with Gasteiger partial charge < -0.3 is 9.84 Å². The quantitative estimate of drug-likeness (QED) is 0.927. The zero-order valence-electron chi connectivity index (χ0n) is 8.64. The Bertz CT molecular complexity index is 443. The number of carbonyl (C=O) groups is 1. The van der Waals surface area contributed by atoms with E-state index in [-0.39, 0.29) is 12.0 Å². The maximum absolute atomic E-state index is 12.2. The van der Waals surface area contributed by atoms with Crippen LogP contribution in [0.4, 0.5) is 13.2 Å². The third-order valence-electron chi connectivity index (χ3n) is 1.96. The van der Waals surface area contributed by atoms with Gasteiger partial charge in [-0.15, -0.1) is 13.2 Å². The van der Waals surface area contributed by atoms with Gasteiger partial charge in [0, 0.05) is 4.47 Å². The van der Waals surface area contributed by atoms with Crippen LogP contribution in [0.25, 0.3) is 0 Å². The van der Waals surface area contributed by atoms with Crippen molar-refractivity contribution >= 4 is 21.9 Å². The molecule has 1 rings (SSSR count).